The normalized spacial score (nSPS) is 10.0. The number of allylic oxidation sites excluding steroid dienone is 4. The molecule has 0 saturated carbocycles. The molecule has 8 aromatic heterocycles. The molecule has 0 aliphatic carbocycles. The van der Waals surface area contributed by atoms with Crippen LogP contribution in [0, 0.1) is 30.3 Å². The summed E-state index contributed by atoms with van der Waals surface area (Å²) >= 11 is 1.66. The van der Waals surface area contributed by atoms with Gasteiger partial charge in [0.1, 0.15) is 0 Å². The Balaban J connectivity index is 0.000000238. The first-order chi connectivity index (χ1) is 53.4. The van der Waals surface area contributed by atoms with Crippen molar-refractivity contribution in [3.8, 4) is 89.5 Å². The van der Waals surface area contributed by atoms with Gasteiger partial charge in [0, 0.05) is 168 Å². The Morgan fingerprint density at radius 3 is 1.06 bits per heavy atom. The topological polar surface area (TPSA) is 191 Å². The molecule has 13 nitrogen and oxygen atoms in total. The predicted molar refractivity (Wildman–Crippen MR) is 441 cm³/mol. The van der Waals surface area contributed by atoms with Crippen molar-refractivity contribution in [2.75, 3.05) is 0 Å². The molecule has 0 aliphatic rings. The molecule has 0 amide bonds. The average Bonchev–Trinajstić information content (AvgIpc) is 1.02. The Hall–Kier alpha value is -10.9. The number of para-hydroxylation sites is 3. The van der Waals surface area contributed by atoms with Gasteiger partial charge in [0.25, 0.3) is 0 Å². The summed E-state index contributed by atoms with van der Waals surface area (Å²) in [6, 6.07) is 118. The van der Waals surface area contributed by atoms with Gasteiger partial charge < -0.3 is 25.2 Å². The van der Waals surface area contributed by atoms with Crippen LogP contribution < -0.4 is 0 Å². The second-order valence-corrected chi connectivity index (χ2v) is 24.5. The third-order valence-corrected chi connectivity index (χ3v) is 16.1. The minimum absolute atomic E-state index is 0. The number of aromatic nitrogens is 9. The van der Waals surface area contributed by atoms with E-state index in [1.165, 1.54) is 56.0 Å². The summed E-state index contributed by atoms with van der Waals surface area (Å²) in [7, 11) is 0. The number of hydrogen-bond acceptors (Lipinski definition) is 14. The Labute approximate surface area is 737 Å². The van der Waals surface area contributed by atoms with E-state index in [1.807, 2.05) is 254 Å². The molecular formula is C95H74Ir4N9O4PtS-5. The second-order valence-electron chi connectivity index (χ2n) is 23.6. The SMILES string of the molecule is CC(=O)C=C(C)O.CC(=O)C=C(C)O.[Ir].[Ir].[Ir].[Ir].[Pt].[c-]1ccccc1-c1ccccn1.[c-]1ccccc1-c1nc2ccccc2c2ccccc12.[c-]1ccccc1-c1nc2ccccc2nc1-c1ccccc1.[c-]1ccccc1-c1nccnc1-c1ccccc1.[c-]1ccsc1-c1ccccn1.c1ccc(-c2ccccn2)nc1. The molecule has 2 N–H and O–H groups in total. The van der Waals surface area contributed by atoms with E-state index in [0.29, 0.717) is 0 Å². The number of carbonyl (C=O) groups excluding carboxylic acids is 2. The number of benzene rings is 9. The van der Waals surface area contributed by atoms with Crippen LogP contribution in [0.4, 0.5) is 0 Å². The summed E-state index contributed by atoms with van der Waals surface area (Å²) in [5.74, 6) is -0.125. The number of fused-ring (bicyclic) bond motifs is 4. The maximum atomic E-state index is 10.0. The molecule has 17 aromatic rings. The van der Waals surface area contributed by atoms with Crippen molar-refractivity contribution < 1.29 is 121 Å². The van der Waals surface area contributed by atoms with Crippen LogP contribution in [0.15, 0.2) is 376 Å². The Kier molecular flexibility index (Phi) is 42.5. The molecule has 4 radical (unpaired) electrons. The van der Waals surface area contributed by atoms with E-state index in [1.54, 1.807) is 48.5 Å². The van der Waals surface area contributed by atoms with Crippen molar-refractivity contribution in [2.45, 2.75) is 27.7 Å². The fourth-order valence-electron chi connectivity index (χ4n) is 10.6. The van der Waals surface area contributed by atoms with E-state index in [9.17, 15) is 9.59 Å². The van der Waals surface area contributed by atoms with Crippen LogP contribution in [0.1, 0.15) is 27.7 Å². The Morgan fingerprint density at radius 2 is 0.649 bits per heavy atom. The zero-order valence-corrected chi connectivity index (χ0v) is 74.6. The van der Waals surface area contributed by atoms with Gasteiger partial charge in [0.2, 0.25) is 0 Å². The molecule has 0 spiro atoms. The number of rotatable bonds is 10. The molecule has 0 unspecified atom stereocenters. The van der Waals surface area contributed by atoms with E-state index in [2.05, 4.69) is 121 Å². The number of pyridine rings is 5. The average molecular weight is 2400 g/mol. The van der Waals surface area contributed by atoms with Gasteiger partial charge in [-0.3, -0.25) is 39.5 Å². The van der Waals surface area contributed by atoms with Gasteiger partial charge in [0.15, 0.2) is 11.6 Å². The minimum Gasteiger partial charge on any atom is -0.512 e. The van der Waals surface area contributed by atoms with Gasteiger partial charge in [0.05, 0.1) is 50.8 Å². The summed E-state index contributed by atoms with van der Waals surface area (Å²) in [5.41, 5.74) is 17.3. The predicted octanol–water partition coefficient (Wildman–Crippen LogP) is 22.6. The van der Waals surface area contributed by atoms with Gasteiger partial charge in [-0.1, -0.05) is 157 Å². The van der Waals surface area contributed by atoms with E-state index < -0.39 is 0 Å². The largest absolute Gasteiger partial charge is 0.512 e. The molecule has 8 heterocycles. The quantitative estimate of drug-likeness (QED) is 0.0570. The molecule has 580 valence electrons. The van der Waals surface area contributed by atoms with Crippen LogP contribution in [0.3, 0.4) is 0 Å². The maximum absolute atomic E-state index is 10.0. The smallest absolute Gasteiger partial charge is 0.155 e. The summed E-state index contributed by atoms with van der Waals surface area (Å²) < 4.78 is 0. The zero-order valence-electron chi connectivity index (χ0n) is 61.9. The maximum Gasteiger partial charge on any atom is 0.155 e. The molecule has 0 aliphatic heterocycles. The molecule has 0 atom stereocenters. The number of ketones is 2. The molecule has 0 fully saturated rings. The molecule has 114 heavy (non-hydrogen) atoms. The number of aliphatic hydroxyl groups excluding tert-OH is 2. The Bertz CT molecular complexity index is 5340. The van der Waals surface area contributed by atoms with Crippen LogP contribution >= 0.6 is 11.3 Å². The number of carbonyl (C=O) groups is 2. The van der Waals surface area contributed by atoms with Gasteiger partial charge in [-0.15, -0.1) is 149 Å². The fourth-order valence-corrected chi connectivity index (χ4v) is 11.3. The van der Waals surface area contributed by atoms with E-state index in [0.717, 1.165) is 106 Å². The summed E-state index contributed by atoms with van der Waals surface area (Å²) in [5, 5.41) is 22.3. The van der Waals surface area contributed by atoms with Crippen molar-refractivity contribution >= 4 is 55.6 Å². The van der Waals surface area contributed by atoms with Crippen molar-refractivity contribution in [3.05, 3.63) is 406 Å². The summed E-state index contributed by atoms with van der Waals surface area (Å²) in [6.07, 6.45) is 12.9. The number of hydrogen-bond donors (Lipinski definition) is 2. The molecule has 0 bridgehead atoms. The van der Waals surface area contributed by atoms with Gasteiger partial charge >= 0.3 is 0 Å². The molecule has 0 saturated heterocycles. The van der Waals surface area contributed by atoms with Crippen LogP contribution in [-0.4, -0.2) is 66.6 Å². The zero-order chi connectivity index (χ0) is 76.0. The number of aliphatic hydroxyl groups is 2. The van der Waals surface area contributed by atoms with Crippen LogP contribution in [0.2, 0.25) is 0 Å². The second kappa shape index (κ2) is 51.7. The standard InChI is InChI=1S/C20H13N2.C19H12N.C16H11N2.C11H8N.C10H8N2.C9H6NS.2C5H8O2.4Ir.Pt/c1-3-9-15(10-4-1)19-20(16-11-5-2-6-12-16)22-18-14-8-7-13-17(18)21-19;1-2-8-14(9-3-1)19-17-12-5-4-10-15(17)16-11-6-7-13-18(16)20-19;1-3-7-13(8-4-1)15-16(18-12-11-17-15)14-9-5-2-6-10-14;1-2-6-10(7-3-1)11-8-4-5-9-12-11;1-3-7-11-9(5-1)10-6-2-4-8-12-10;1-2-6-10-8(4-1)9-5-3-7-11-9;2*1-4(6)3-5(2)7;;;;;/h1-11,13-14H;1-8,10-13H;1-9,11-12H;1-6,8-9H;1-8H;1-4,6-7H;2*3,6H,1-2H3;;;;;/q4*-1;;-1;;;;;;;. The van der Waals surface area contributed by atoms with Gasteiger partial charge in [-0.25, -0.2) is 11.3 Å². The van der Waals surface area contributed by atoms with E-state index in [4.69, 9.17) is 25.2 Å². The Morgan fingerprint density at radius 1 is 0.298 bits per heavy atom. The van der Waals surface area contributed by atoms with Crippen molar-refractivity contribution in [1.82, 2.24) is 44.9 Å². The van der Waals surface area contributed by atoms with Crippen LogP contribution in [0.25, 0.3) is 122 Å². The first kappa shape index (κ1) is 93.7. The van der Waals surface area contributed by atoms with Crippen LogP contribution in [0.5, 0.6) is 0 Å². The first-order valence-electron chi connectivity index (χ1n) is 34.7. The fraction of sp³-hybridized carbons (Fsp3) is 0.0421. The van der Waals surface area contributed by atoms with Crippen LogP contribution in [-0.2, 0) is 111 Å². The van der Waals surface area contributed by atoms with Gasteiger partial charge in [-0.05, 0) is 121 Å². The minimum atomic E-state index is -0.125. The monoisotopic (exact) mass is 2400 g/mol. The first-order valence-corrected chi connectivity index (χ1v) is 35.5. The molecule has 9 aromatic carbocycles. The molecular weight excluding hydrogens is 2330 g/mol. The van der Waals surface area contributed by atoms with E-state index >= 15 is 0 Å². The summed E-state index contributed by atoms with van der Waals surface area (Å²) in [6.45, 7) is 5.70. The van der Waals surface area contributed by atoms with E-state index in [-0.39, 0.29) is 125 Å². The van der Waals surface area contributed by atoms with Crippen molar-refractivity contribution in [2.24, 2.45) is 0 Å². The molecule has 17 rings (SSSR count). The summed E-state index contributed by atoms with van der Waals surface area (Å²) in [4.78, 5) is 61.3. The van der Waals surface area contributed by atoms with Crippen molar-refractivity contribution in [3.63, 3.8) is 0 Å². The van der Waals surface area contributed by atoms with Gasteiger partial charge in [-0.2, -0.15) is 12.1 Å². The number of nitrogens with zero attached hydrogens (tertiary/aromatic N) is 9. The van der Waals surface area contributed by atoms with Crippen molar-refractivity contribution in [1.29, 1.82) is 0 Å². The molecule has 19 heteroatoms. The third kappa shape index (κ3) is 29.9. The third-order valence-electron chi connectivity index (χ3n) is 15.3. The number of thiophene rings is 1.